The van der Waals surface area contributed by atoms with Gasteiger partial charge in [0.1, 0.15) is 0 Å². The molecule has 0 aliphatic carbocycles. The minimum absolute atomic E-state index is 0. The van der Waals surface area contributed by atoms with E-state index in [1.165, 1.54) is 0 Å². The maximum Gasteiger partial charge on any atom is 0.0354 e. The molecule has 6 N–H and O–H groups in total. The van der Waals surface area contributed by atoms with Crippen molar-refractivity contribution in [1.82, 2.24) is 0 Å². The highest BCUT2D eigenvalue weighted by Gasteiger charge is 2.07. The fraction of sp³-hybridized carbons (Fsp3) is 0.143. The maximum absolute atomic E-state index is 5.99. The predicted octanol–water partition coefficient (Wildman–Crippen LogP) is 2.75. The van der Waals surface area contributed by atoms with E-state index in [1.54, 1.807) is 0 Å². The molecule has 96 valence electrons. The number of nitrogens with two attached hydrogens (primary N) is 3. The van der Waals surface area contributed by atoms with Gasteiger partial charge in [-0.05, 0) is 54.3 Å². The van der Waals surface area contributed by atoms with E-state index in [4.69, 9.17) is 17.2 Å². The number of benzene rings is 2. The summed E-state index contributed by atoms with van der Waals surface area (Å²) < 4.78 is 0. The van der Waals surface area contributed by atoms with Gasteiger partial charge in [-0.3, -0.25) is 0 Å². The van der Waals surface area contributed by atoms with E-state index in [0.29, 0.717) is 0 Å². The average Bonchev–Trinajstić information content (AvgIpc) is 2.30. The first kappa shape index (κ1) is 14.2. The Bertz CT molecular complexity index is 553. The molecule has 0 fully saturated rings. The summed E-state index contributed by atoms with van der Waals surface area (Å²) in [5, 5.41) is 0. The Morgan fingerprint density at radius 2 is 1.61 bits per heavy atom. The van der Waals surface area contributed by atoms with Crippen LogP contribution in [-0.2, 0) is 6.42 Å². The molecular weight excluding hydrogens is 246 g/mol. The van der Waals surface area contributed by atoms with Gasteiger partial charge in [0.25, 0.3) is 0 Å². The van der Waals surface area contributed by atoms with E-state index in [-0.39, 0.29) is 12.4 Å². The van der Waals surface area contributed by atoms with E-state index < -0.39 is 0 Å². The number of hydrogen-bond acceptors (Lipinski definition) is 3. The van der Waals surface area contributed by atoms with Gasteiger partial charge in [-0.25, -0.2) is 0 Å². The Balaban J connectivity index is 0.00000162. The minimum Gasteiger partial charge on any atom is -0.399 e. The summed E-state index contributed by atoms with van der Waals surface area (Å²) >= 11 is 0. The molecule has 0 aliphatic rings. The van der Waals surface area contributed by atoms with Crippen molar-refractivity contribution in [2.45, 2.75) is 13.3 Å². The van der Waals surface area contributed by atoms with Crippen LogP contribution in [0.25, 0.3) is 0 Å². The highest BCUT2D eigenvalue weighted by Crippen LogP contribution is 2.25. The van der Waals surface area contributed by atoms with Gasteiger partial charge in [0.15, 0.2) is 0 Å². The number of anilines is 3. The topological polar surface area (TPSA) is 78.1 Å². The lowest BCUT2D eigenvalue weighted by molar-refractivity contribution is 1.16. The highest BCUT2D eigenvalue weighted by atomic mass is 35.5. The fourth-order valence-electron chi connectivity index (χ4n) is 1.94. The van der Waals surface area contributed by atoms with E-state index in [2.05, 4.69) is 0 Å². The third kappa shape index (κ3) is 2.87. The molecule has 0 saturated heterocycles. The standard InChI is InChI=1S/C14H17N3.ClH/c1-9-12(14(17)6-5-13(9)16)8-10-3-2-4-11(15)7-10;/h2-7H,8,15-17H2,1H3;1H. The number of hydrogen-bond donors (Lipinski definition) is 3. The largest absolute Gasteiger partial charge is 0.399 e. The van der Waals surface area contributed by atoms with Gasteiger partial charge in [-0.15, -0.1) is 12.4 Å². The lowest BCUT2D eigenvalue weighted by Crippen LogP contribution is -2.02. The minimum atomic E-state index is 0. The van der Waals surface area contributed by atoms with Gasteiger partial charge in [0.05, 0.1) is 0 Å². The Labute approximate surface area is 113 Å². The zero-order valence-electron chi connectivity index (χ0n) is 10.3. The molecule has 2 aromatic carbocycles. The number of rotatable bonds is 2. The van der Waals surface area contributed by atoms with Gasteiger partial charge in [0, 0.05) is 17.1 Å². The Kier molecular flexibility index (Phi) is 4.45. The molecule has 2 rings (SSSR count). The lowest BCUT2D eigenvalue weighted by Gasteiger charge is -2.12. The molecule has 4 heteroatoms. The Morgan fingerprint density at radius 1 is 0.944 bits per heavy atom. The molecule has 0 aliphatic heterocycles. The Morgan fingerprint density at radius 3 is 2.28 bits per heavy atom. The molecule has 18 heavy (non-hydrogen) atoms. The van der Waals surface area contributed by atoms with E-state index >= 15 is 0 Å². The van der Waals surface area contributed by atoms with Crippen LogP contribution in [0.15, 0.2) is 36.4 Å². The molecule has 0 heterocycles. The van der Waals surface area contributed by atoms with Crippen molar-refractivity contribution in [3.8, 4) is 0 Å². The van der Waals surface area contributed by atoms with E-state index in [9.17, 15) is 0 Å². The van der Waals surface area contributed by atoms with Crippen LogP contribution in [0.4, 0.5) is 17.1 Å². The fourth-order valence-corrected chi connectivity index (χ4v) is 1.94. The average molecular weight is 264 g/mol. The molecule has 0 bridgehead atoms. The van der Waals surface area contributed by atoms with E-state index in [0.717, 1.165) is 40.2 Å². The summed E-state index contributed by atoms with van der Waals surface area (Å²) in [6, 6.07) is 11.5. The van der Waals surface area contributed by atoms with Gasteiger partial charge < -0.3 is 17.2 Å². The summed E-state index contributed by atoms with van der Waals surface area (Å²) in [4.78, 5) is 0. The molecular formula is C14H18ClN3. The third-order valence-corrected chi connectivity index (χ3v) is 3.01. The Hall–Kier alpha value is -1.87. The first-order valence-electron chi connectivity index (χ1n) is 5.56. The van der Waals surface area contributed by atoms with Crippen LogP contribution >= 0.6 is 12.4 Å². The van der Waals surface area contributed by atoms with Crippen molar-refractivity contribution in [2.24, 2.45) is 0 Å². The van der Waals surface area contributed by atoms with Gasteiger partial charge in [-0.2, -0.15) is 0 Å². The quantitative estimate of drug-likeness (QED) is 0.729. The van der Waals surface area contributed by atoms with Crippen LogP contribution in [-0.4, -0.2) is 0 Å². The van der Waals surface area contributed by atoms with Crippen LogP contribution in [0.5, 0.6) is 0 Å². The van der Waals surface area contributed by atoms with Gasteiger partial charge >= 0.3 is 0 Å². The van der Waals surface area contributed by atoms with Crippen molar-refractivity contribution in [1.29, 1.82) is 0 Å². The summed E-state index contributed by atoms with van der Waals surface area (Å²) in [7, 11) is 0. The van der Waals surface area contributed by atoms with Crippen molar-refractivity contribution in [3.05, 3.63) is 53.1 Å². The van der Waals surface area contributed by atoms with Gasteiger partial charge in [-0.1, -0.05) is 12.1 Å². The second-order valence-electron chi connectivity index (χ2n) is 4.27. The first-order chi connectivity index (χ1) is 8.08. The predicted molar refractivity (Wildman–Crippen MR) is 80.9 cm³/mol. The highest BCUT2D eigenvalue weighted by molar-refractivity contribution is 5.85. The van der Waals surface area contributed by atoms with E-state index in [1.807, 2.05) is 43.3 Å². The van der Waals surface area contributed by atoms with Gasteiger partial charge in [0.2, 0.25) is 0 Å². The zero-order chi connectivity index (χ0) is 12.4. The molecule has 2 aromatic rings. The van der Waals surface area contributed by atoms with Crippen LogP contribution in [0.1, 0.15) is 16.7 Å². The number of halogens is 1. The summed E-state index contributed by atoms with van der Waals surface area (Å²) in [5.74, 6) is 0. The monoisotopic (exact) mass is 263 g/mol. The zero-order valence-corrected chi connectivity index (χ0v) is 11.1. The third-order valence-electron chi connectivity index (χ3n) is 3.01. The smallest absolute Gasteiger partial charge is 0.0354 e. The summed E-state index contributed by atoms with van der Waals surface area (Å²) in [5.41, 5.74) is 23.2. The van der Waals surface area contributed by atoms with Crippen molar-refractivity contribution < 1.29 is 0 Å². The summed E-state index contributed by atoms with van der Waals surface area (Å²) in [6.07, 6.45) is 0.758. The molecule has 0 unspecified atom stereocenters. The van der Waals surface area contributed by atoms with Crippen molar-refractivity contribution >= 4 is 29.5 Å². The molecule has 0 aromatic heterocycles. The lowest BCUT2D eigenvalue weighted by atomic mass is 9.97. The number of nitrogen functional groups attached to an aromatic ring is 3. The second kappa shape index (κ2) is 5.65. The first-order valence-corrected chi connectivity index (χ1v) is 5.56. The van der Waals surface area contributed by atoms with Crippen LogP contribution < -0.4 is 17.2 Å². The normalized spacial score (nSPS) is 9.83. The summed E-state index contributed by atoms with van der Waals surface area (Å²) in [6.45, 7) is 1.99. The van der Waals surface area contributed by atoms with Crippen molar-refractivity contribution in [3.63, 3.8) is 0 Å². The van der Waals surface area contributed by atoms with Crippen molar-refractivity contribution in [2.75, 3.05) is 17.2 Å². The second-order valence-corrected chi connectivity index (χ2v) is 4.27. The molecule has 0 amide bonds. The maximum atomic E-state index is 5.99. The molecule has 3 nitrogen and oxygen atoms in total. The van der Waals surface area contributed by atoms with Crippen LogP contribution in [0.3, 0.4) is 0 Å². The molecule has 0 atom stereocenters. The molecule has 0 radical (unpaired) electrons. The SMILES string of the molecule is Cc1c(N)ccc(N)c1Cc1cccc(N)c1.Cl. The van der Waals surface area contributed by atoms with Crippen LogP contribution in [0.2, 0.25) is 0 Å². The molecule has 0 saturated carbocycles. The molecule has 0 spiro atoms. The van der Waals surface area contributed by atoms with Crippen LogP contribution in [0, 0.1) is 6.92 Å².